The van der Waals surface area contributed by atoms with Crippen molar-refractivity contribution in [3.05, 3.63) is 29.8 Å². The maximum Gasteiger partial charge on any atom is 0.120 e. The van der Waals surface area contributed by atoms with Crippen molar-refractivity contribution in [1.29, 1.82) is 0 Å². The SMILES string of the molecule is CC1CC(C)N(CCOc2cccc(C(N)=S)c2)C1. The van der Waals surface area contributed by atoms with Crippen LogP contribution in [-0.2, 0) is 0 Å². The van der Waals surface area contributed by atoms with E-state index in [0.29, 0.717) is 17.6 Å². The van der Waals surface area contributed by atoms with Crippen LogP contribution in [0.2, 0.25) is 0 Å². The summed E-state index contributed by atoms with van der Waals surface area (Å²) in [5.74, 6) is 1.64. The maximum atomic E-state index is 5.79. The molecule has 0 amide bonds. The van der Waals surface area contributed by atoms with Gasteiger partial charge in [0.15, 0.2) is 0 Å². The number of nitrogens with zero attached hydrogens (tertiary/aromatic N) is 1. The number of benzene rings is 1. The van der Waals surface area contributed by atoms with Gasteiger partial charge in [-0.25, -0.2) is 0 Å². The molecule has 1 aliphatic heterocycles. The summed E-state index contributed by atoms with van der Waals surface area (Å²) in [6.07, 6.45) is 1.29. The summed E-state index contributed by atoms with van der Waals surface area (Å²) in [7, 11) is 0. The Morgan fingerprint density at radius 2 is 2.26 bits per heavy atom. The predicted molar refractivity (Wildman–Crippen MR) is 82.6 cm³/mol. The summed E-state index contributed by atoms with van der Waals surface area (Å²) in [6.45, 7) is 7.46. The molecule has 0 bridgehead atoms. The average Bonchev–Trinajstić information content (AvgIpc) is 2.68. The third kappa shape index (κ3) is 3.91. The quantitative estimate of drug-likeness (QED) is 0.840. The summed E-state index contributed by atoms with van der Waals surface area (Å²) in [6, 6.07) is 8.33. The first kappa shape index (κ1) is 14.3. The minimum absolute atomic E-state index is 0.410. The van der Waals surface area contributed by atoms with Crippen molar-refractivity contribution in [2.24, 2.45) is 11.7 Å². The lowest BCUT2D eigenvalue weighted by molar-refractivity contribution is 0.202. The molecule has 0 aromatic heterocycles. The Morgan fingerprint density at radius 1 is 1.47 bits per heavy atom. The van der Waals surface area contributed by atoms with Crippen molar-refractivity contribution in [2.45, 2.75) is 26.3 Å². The van der Waals surface area contributed by atoms with Gasteiger partial charge in [0.1, 0.15) is 17.3 Å². The molecule has 104 valence electrons. The van der Waals surface area contributed by atoms with Gasteiger partial charge in [-0.3, -0.25) is 4.90 Å². The van der Waals surface area contributed by atoms with E-state index in [2.05, 4.69) is 18.7 Å². The number of ether oxygens (including phenoxy) is 1. The van der Waals surface area contributed by atoms with E-state index in [0.717, 1.165) is 23.8 Å². The molecule has 2 N–H and O–H groups in total. The topological polar surface area (TPSA) is 38.5 Å². The molecule has 19 heavy (non-hydrogen) atoms. The van der Waals surface area contributed by atoms with E-state index < -0.39 is 0 Å². The fourth-order valence-electron chi connectivity index (χ4n) is 2.72. The van der Waals surface area contributed by atoms with Crippen LogP contribution < -0.4 is 10.5 Å². The molecule has 1 fully saturated rings. The van der Waals surface area contributed by atoms with Crippen LogP contribution in [-0.4, -0.2) is 35.6 Å². The number of hydrogen-bond acceptors (Lipinski definition) is 3. The Bertz CT molecular complexity index is 450. The molecule has 0 radical (unpaired) electrons. The van der Waals surface area contributed by atoms with Crippen molar-refractivity contribution >= 4 is 17.2 Å². The molecule has 0 saturated carbocycles. The van der Waals surface area contributed by atoms with Gasteiger partial charge in [-0.1, -0.05) is 31.3 Å². The van der Waals surface area contributed by atoms with Gasteiger partial charge in [-0.15, -0.1) is 0 Å². The lowest BCUT2D eigenvalue weighted by Gasteiger charge is -2.21. The zero-order valence-electron chi connectivity index (χ0n) is 11.6. The van der Waals surface area contributed by atoms with Gasteiger partial charge in [0.2, 0.25) is 0 Å². The molecule has 1 heterocycles. The summed E-state index contributed by atoms with van der Waals surface area (Å²) in [4.78, 5) is 2.90. The predicted octanol–water partition coefficient (Wildman–Crippen LogP) is 2.43. The van der Waals surface area contributed by atoms with Crippen LogP contribution in [0.5, 0.6) is 5.75 Å². The van der Waals surface area contributed by atoms with E-state index in [1.807, 2.05) is 24.3 Å². The molecule has 3 nitrogen and oxygen atoms in total. The fraction of sp³-hybridized carbons (Fsp3) is 0.533. The van der Waals surface area contributed by atoms with E-state index in [-0.39, 0.29) is 0 Å². The largest absolute Gasteiger partial charge is 0.492 e. The highest BCUT2D eigenvalue weighted by molar-refractivity contribution is 7.80. The number of nitrogens with two attached hydrogens (primary N) is 1. The molecule has 1 aromatic rings. The lowest BCUT2D eigenvalue weighted by Crippen LogP contribution is -2.31. The number of rotatable bonds is 5. The number of likely N-dealkylation sites (tertiary alicyclic amines) is 1. The molecule has 2 atom stereocenters. The maximum absolute atomic E-state index is 5.79. The Morgan fingerprint density at radius 3 is 2.89 bits per heavy atom. The lowest BCUT2D eigenvalue weighted by atomic mass is 10.1. The van der Waals surface area contributed by atoms with E-state index in [4.69, 9.17) is 22.7 Å². The van der Waals surface area contributed by atoms with E-state index >= 15 is 0 Å². The van der Waals surface area contributed by atoms with Crippen molar-refractivity contribution in [3.8, 4) is 5.75 Å². The number of hydrogen-bond donors (Lipinski definition) is 1. The standard InChI is InChI=1S/C15H22N2OS/c1-11-8-12(2)17(10-11)6-7-18-14-5-3-4-13(9-14)15(16)19/h3-5,9,11-12H,6-8,10H2,1-2H3,(H2,16,19). The second-order valence-corrected chi connectivity index (χ2v) is 5.87. The van der Waals surface area contributed by atoms with Crippen LogP contribution in [0.4, 0.5) is 0 Å². The summed E-state index contributed by atoms with van der Waals surface area (Å²) < 4.78 is 5.79. The summed E-state index contributed by atoms with van der Waals surface area (Å²) >= 11 is 4.96. The van der Waals surface area contributed by atoms with Gasteiger partial charge in [0.25, 0.3) is 0 Å². The van der Waals surface area contributed by atoms with Crippen molar-refractivity contribution in [1.82, 2.24) is 4.90 Å². The molecule has 2 rings (SSSR count). The molecular weight excluding hydrogens is 256 g/mol. The third-order valence-corrected chi connectivity index (χ3v) is 3.91. The second kappa shape index (κ2) is 6.35. The Balaban J connectivity index is 1.82. The van der Waals surface area contributed by atoms with Crippen molar-refractivity contribution in [3.63, 3.8) is 0 Å². The Kier molecular flexibility index (Phi) is 4.77. The molecule has 1 aliphatic rings. The highest BCUT2D eigenvalue weighted by Gasteiger charge is 2.25. The molecule has 0 spiro atoms. The van der Waals surface area contributed by atoms with Gasteiger partial charge in [-0.05, 0) is 31.4 Å². The smallest absolute Gasteiger partial charge is 0.120 e. The highest BCUT2D eigenvalue weighted by Crippen LogP contribution is 2.21. The Hall–Kier alpha value is -1.13. The zero-order valence-corrected chi connectivity index (χ0v) is 12.5. The molecular formula is C15H22N2OS. The molecule has 4 heteroatoms. The molecule has 0 aliphatic carbocycles. The molecule has 1 saturated heterocycles. The summed E-state index contributed by atoms with van der Waals surface area (Å²) in [5.41, 5.74) is 6.47. The van der Waals surface area contributed by atoms with Crippen LogP contribution in [0, 0.1) is 5.92 Å². The van der Waals surface area contributed by atoms with Gasteiger partial charge in [0.05, 0.1) is 0 Å². The normalized spacial score (nSPS) is 23.5. The first-order valence-electron chi connectivity index (χ1n) is 6.83. The second-order valence-electron chi connectivity index (χ2n) is 5.43. The molecule has 2 unspecified atom stereocenters. The minimum atomic E-state index is 0.410. The van der Waals surface area contributed by atoms with Crippen LogP contribution in [0.1, 0.15) is 25.8 Å². The average molecular weight is 278 g/mol. The van der Waals surface area contributed by atoms with Crippen LogP contribution >= 0.6 is 12.2 Å². The minimum Gasteiger partial charge on any atom is -0.492 e. The Labute approximate surface area is 120 Å². The van der Waals surface area contributed by atoms with Crippen molar-refractivity contribution in [2.75, 3.05) is 19.7 Å². The van der Waals surface area contributed by atoms with E-state index in [1.54, 1.807) is 0 Å². The van der Waals surface area contributed by atoms with Crippen LogP contribution in [0.25, 0.3) is 0 Å². The number of thiocarbonyl (C=S) groups is 1. The van der Waals surface area contributed by atoms with Crippen LogP contribution in [0.15, 0.2) is 24.3 Å². The zero-order chi connectivity index (χ0) is 13.8. The monoisotopic (exact) mass is 278 g/mol. The van der Waals surface area contributed by atoms with Gasteiger partial charge in [0, 0.05) is 24.7 Å². The fourth-order valence-corrected chi connectivity index (χ4v) is 2.84. The van der Waals surface area contributed by atoms with Gasteiger partial charge >= 0.3 is 0 Å². The highest BCUT2D eigenvalue weighted by atomic mass is 32.1. The summed E-state index contributed by atoms with van der Waals surface area (Å²) in [5, 5.41) is 0. The van der Waals surface area contributed by atoms with E-state index in [9.17, 15) is 0 Å². The third-order valence-electron chi connectivity index (χ3n) is 3.68. The van der Waals surface area contributed by atoms with Gasteiger partial charge < -0.3 is 10.5 Å². The van der Waals surface area contributed by atoms with E-state index in [1.165, 1.54) is 13.0 Å². The van der Waals surface area contributed by atoms with Crippen molar-refractivity contribution < 1.29 is 4.74 Å². The first-order valence-corrected chi connectivity index (χ1v) is 7.24. The molecule has 1 aromatic carbocycles. The first-order chi connectivity index (χ1) is 9.06. The van der Waals surface area contributed by atoms with Crippen LogP contribution in [0.3, 0.4) is 0 Å². The van der Waals surface area contributed by atoms with Gasteiger partial charge in [-0.2, -0.15) is 0 Å².